The number of rotatable bonds is 4. The summed E-state index contributed by atoms with van der Waals surface area (Å²) in [4.78, 5) is 11.1. The Morgan fingerprint density at radius 2 is 1.89 bits per heavy atom. The first-order chi connectivity index (χ1) is 9.06. The Morgan fingerprint density at radius 1 is 1.21 bits per heavy atom. The van der Waals surface area contributed by atoms with Crippen molar-refractivity contribution in [1.82, 2.24) is 0 Å². The van der Waals surface area contributed by atoms with Gasteiger partial charge in [0.25, 0.3) is 0 Å². The number of primary amides is 1. The van der Waals surface area contributed by atoms with Gasteiger partial charge in [0.1, 0.15) is 0 Å². The molecule has 1 amide bonds. The van der Waals surface area contributed by atoms with Crippen molar-refractivity contribution in [2.75, 3.05) is 5.32 Å². The normalized spacial score (nSPS) is 10.2. The van der Waals surface area contributed by atoms with Crippen LogP contribution in [0.15, 0.2) is 42.5 Å². The van der Waals surface area contributed by atoms with E-state index in [1.165, 1.54) is 3.57 Å². The van der Waals surface area contributed by atoms with E-state index in [1.54, 1.807) is 6.07 Å². The van der Waals surface area contributed by atoms with E-state index in [9.17, 15) is 4.79 Å². The number of hydrogen-bond donors (Lipinski definition) is 2. The third kappa shape index (κ3) is 3.70. The second kappa shape index (κ2) is 6.06. The first-order valence-electron chi connectivity index (χ1n) is 5.95. The third-order valence-electron chi connectivity index (χ3n) is 2.95. The maximum absolute atomic E-state index is 11.1. The lowest BCUT2D eigenvalue weighted by Gasteiger charge is -2.10. The van der Waals surface area contributed by atoms with Crippen LogP contribution < -0.4 is 11.1 Å². The van der Waals surface area contributed by atoms with E-state index in [0.29, 0.717) is 5.56 Å². The number of hydrogen-bond acceptors (Lipinski definition) is 2. The Labute approximate surface area is 126 Å². The van der Waals surface area contributed by atoms with Gasteiger partial charge in [0.15, 0.2) is 0 Å². The molecule has 0 aromatic heterocycles. The summed E-state index contributed by atoms with van der Waals surface area (Å²) in [5.41, 5.74) is 9.11. The number of anilines is 1. The van der Waals surface area contributed by atoms with E-state index in [4.69, 9.17) is 5.73 Å². The molecule has 0 saturated carbocycles. The zero-order valence-electron chi connectivity index (χ0n) is 10.6. The molecule has 0 heterocycles. The highest BCUT2D eigenvalue weighted by Gasteiger charge is 2.04. The van der Waals surface area contributed by atoms with Crippen molar-refractivity contribution in [3.05, 3.63) is 62.7 Å². The average molecular weight is 366 g/mol. The Balaban J connectivity index is 2.07. The molecule has 0 radical (unpaired) electrons. The lowest BCUT2D eigenvalue weighted by atomic mass is 10.0. The average Bonchev–Trinajstić information content (AvgIpc) is 2.39. The number of carbonyl (C=O) groups excluding carboxylic acids is 1. The van der Waals surface area contributed by atoms with E-state index < -0.39 is 0 Å². The molecule has 0 aliphatic carbocycles. The van der Waals surface area contributed by atoms with Gasteiger partial charge in [-0.15, -0.1) is 0 Å². The molecular weight excluding hydrogens is 351 g/mol. The monoisotopic (exact) mass is 366 g/mol. The zero-order valence-corrected chi connectivity index (χ0v) is 12.8. The summed E-state index contributed by atoms with van der Waals surface area (Å²) in [7, 11) is 0. The molecule has 0 aliphatic heterocycles. The van der Waals surface area contributed by atoms with Gasteiger partial charge in [-0.25, -0.2) is 0 Å². The summed E-state index contributed by atoms with van der Waals surface area (Å²) in [5.74, 6) is -0.389. The minimum atomic E-state index is -0.389. The first-order valence-corrected chi connectivity index (χ1v) is 7.03. The fourth-order valence-electron chi connectivity index (χ4n) is 1.81. The van der Waals surface area contributed by atoms with Crippen molar-refractivity contribution in [2.45, 2.75) is 13.5 Å². The number of halogens is 1. The smallest absolute Gasteiger partial charge is 0.248 e. The Morgan fingerprint density at radius 3 is 2.47 bits per heavy atom. The minimum absolute atomic E-state index is 0.389. The summed E-state index contributed by atoms with van der Waals surface area (Å²) in [6.45, 7) is 2.71. The Bertz CT molecular complexity index is 594. The molecule has 2 aromatic rings. The lowest BCUT2D eigenvalue weighted by Crippen LogP contribution is -2.11. The molecule has 2 rings (SSSR count). The van der Waals surface area contributed by atoms with Crippen LogP contribution in [0.4, 0.5) is 5.69 Å². The molecule has 2 aromatic carbocycles. The lowest BCUT2D eigenvalue weighted by molar-refractivity contribution is 0.1000. The number of carbonyl (C=O) groups is 1. The second-order valence-corrected chi connectivity index (χ2v) is 5.61. The first kappa shape index (κ1) is 13.9. The summed E-state index contributed by atoms with van der Waals surface area (Å²) in [6, 6.07) is 13.8. The second-order valence-electron chi connectivity index (χ2n) is 4.37. The van der Waals surface area contributed by atoms with Crippen LogP contribution in [0.2, 0.25) is 0 Å². The van der Waals surface area contributed by atoms with Gasteiger partial charge in [-0.2, -0.15) is 0 Å². The summed E-state index contributed by atoms with van der Waals surface area (Å²) < 4.78 is 1.21. The van der Waals surface area contributed by atoms with Gasteiger partial charge in [-0.1, -0.05) is 6.07 Å². The van der Waals surface area contributed by atoms with Crippen LogP contribution in [0.25, 0.3) is 0 Å². The highest BCUT2D eigenvalue weighted by Crippen LogP contribution is 2.15. The van der Waals surface area contributed by atoms with Crippen molar-refractivity contribution < 1.29 is 4.79 Å². The molecule has 0 bridgehead atoms. The molecule has 0 atom stereocenters. The van der Waals surface area contributed by atoms with E-state index >= 15 is 0 Å². The molecule has 3 N–H and O–H groups in total. The van der Waals surface area contributed by atoms with E-state index in [1.807, 2.05) is 19.1 Å². The van der Waals surface area contributed by atoms with Crippen LogP contribution in [-0.4, -0.2) is 5.91 Å². The molecule has 3 nitrogen and oxygen atoms in total. The summed E-state index contributed by atoms with van der Waals surface area (Å²) in [5, 5.41) is 3.36. The highest BCUT2D eigenvalue weighted by molar-refractivity contribution is 14.1. The molecule has 4 heteroatoms. The fraction of sp³-hybridized carbons (Fsp3) is 0.133. The largest absolute Gasteiger partial charge is 0.381 e. The standard InChI is InChI=1S/C15H15IN2O/c1-10-8-11(15(17)19)2-3-12(10)9-18-14-6-4-13(16)5-7-14/h2-8,18H,9H2,1H3,(H2,17,19). The van der Waals surface area contributed by atoms with Crippen molar-refractivity contribution in [1.29, 1.82) is 0 Å². The van der Waals surface area contributed by atoms with Crippen LogP contribution in [0, 0.1) is 10.5 Å². The van der Waals surface area contributed by atoms with Crippen molar-refractivity contribution in [3.63, 3.8) is 0 Å². The summed E-state index contributed by atoms with van der Waals surface area (Å²) >= 11 is 2.28. The molecule has 19 heavy (non-hydrogen) atoms. The quantitative estimate of drug-likeness (QED) is 0.816. The molecule has 98 valence electrons. The van der Waals surface area contributed by atoms with Crippen LogP contribution in [0.3, 0.4) is 0 Å². The molecule has 0 fully saturated rings. The van der Waals surface area contributed by atoms with Gasteiger partial charge in [0, 0.05) is 21.4 Å². The van der Waals surface area contributed by atoms with Crippen LogP contribution in [0.5, 0.6) is 0 Å². The van der Waals surface area contributed by atoms with Gasteiger partial charge < -0.3 is 11.1 Å². The SMILES string of the molecule is Cc1cc(C(N)=O)ccc1CNc1ccc(I)cc1. The maximum Gasteiger partial charge on any atom is 0.248 e. The minimum Gasteiger partial charge on any atom is -0.381 e. The van der Waals surface area contributed by atoms with Crippen molar-refractivity contribution in [3.8, 4) is 0 Å². The number of benzene rings is 2. The van der Waals surface area contributed by atoms with Gasteiger partial charge >= 0.3 is 0 Å². The number of amides is 1. The number of nitrogens with one attached hydrogen (secondary N) is 1. The fourth-order valence-corrected chi connectivity index (χ4v) is 2.17. The molecule has 0 spiro atoms. The Kier molecular flexibility index (Phi) is 4.42. The predicted octanol–water partition coefficient (Wildman–Crippen LogP) is 3.31. The zero-order chi connectivity index (χ0) is 13.8. The van der Waals surface area contributed by atoms with Crippen LogP contribution in [-0.2, 0) is 6.54 Å². The van der Waals surface area contributed by atoms with Gasteiger partial charge in [-0.05, 0) is 77.0 Å². The Hall–Kier alpha value is -1.56. The van der Waals surface area contributed by atoms with E-state index in [-0.39, 0.29) is 5.91 Å². The van der Waals surface area contributed by atoms with Gasteiger partial charge in [0.2, 0.25) is 5.91 Å². The summed E-state index contributed by atoms with van der Waals surface area (Å²) in [6.07, 6.45) is 0. The van der Waals surface area contributed by atoms with Crippen LogP contribution >= 0.6 is 22.6 Å². The van der Waals surface area contributed by atoms with Gasteiger partial charge in [0.05, 0.1) is 0 Å². The maximum atomic E-state index is 11.1. The van der Waals surface area contributed by atoms with Crippen LogP contribution in [0.1, 0.15) is 21.5 Å². The van der Waals surface area contributed by atoms with Crippen molar-refractivity contribution >= 4 is 34.2 Å². The van der Waals surface area contributed by atoms with Gasteiger partial charge in [-0.3, -0.25) is 4.79 Å². The number of aryl methyl sites for hydroxylation is 1. The molecule has 0 aliphatic rings. The third-order valence-corrected chi connectivity index (χ3v) is 3.67. The molecule has 0 saturated heterocycles. The number of nitrogens with two attached hydrogens (primary N) is 1. The van der Waals surface area contributed by atoms with E-state index in [0.717, 1.165) is 23.4 Å². The molecule has 0 unspecified atom stereocenters. The van der Waals surface area contributed by atoms with E-state index in [2.05, 4.69) is 52.2 Å². The predicted molar refractivity (Wildman–Crippen MR) is 86.2 cm³/mol. The molecular formula is C15H15IN2O. The topological polar surface area (TPSA) is 55.1 Å². The highest BCUT2D eigenvalue weighted by atomic mass is 127. The van der Waals surface area contributed by atoms with Crippen molar-refractivity contribution in [2.24, 2.45) is 5.73 Å².